The fraction of sp³-hybridized carbons (Fsp3) is 0.522. The summed E-state index contributed by atoms with van der Waals surface area (Å²) in [6, 6.07) is 4.25. The van der Waals surface area contributed by atoms with Gasteiger partial charge < -0.3 is 25.1 Å². The molecule has 0 unspecified atom stereocenters. The van der Waals surface area contributed by atoms with Crippen LogP contribution in [0.1, 0.15) is 45.1 Å². The van der Waals surface area contributed by atoms with Gasteiger partial charge in [-0.25, -0.2) is 15.0 Å². The lowest BCUT2D eigenvalue weighted by Gasteiger charge is -2.21. The molecule has 9 heteroatoms. The molecule has 0 radical (unpaired) electrons. The molecule has 1 fully saturated rings. The normalized spacial score (nSPS) is 16.0. The second-order valence-corrected chi connectivity index (χ2v) is 10.6. The van der Waals surface area contributed by atoms with E-state index in [1.165, 1.54) is 24.7 Å². The average molecular weight is 455 g/mol. The standard InChI is InChI=1S/C23H30N6O2S/c1-23(2,3)12-25-6-7-29-21-19(20(24)26-13-27-21)28-22(29)32-18-11-17-16(30-8-9-31-17)10-15(18)14-4-5-14/h10-11,13-14,25H,4-9,12H2,1-3H3,(H2,24,26,27). The van der Waals surface area contributed by atoms with Crippen LogP contribution in [0.3, 0.4) is 0 Å². The fourth-order valence-electron chi connectivity index (χ4n) is 3.85. The van der Waals surface area contributed by atoms with Gasteiger partial charge in [-0.05, 0) is 41.9 Å². The van der Waals surface area contributed by atoms with Gasteiger partial charge in [0.2, 0.25) is 0 Å². The summed E-state index contributed by atoms with van der Waals surface area (Å²) in [6.45, 7) is 10.3. The van der Waals surface area contributed by atoms with Crippen LogP contribution in [0, 0.1) is 5.41 Å². The maximum absolute atomic E-state index is 6.13. The SMILES string of the molecule is CC(C)(C)CNCCn1c(Sc2cc3c(cc2C2CC2)OCCO3)nc2c(N)ncnc21. The van der Waals surface area contributed by atoms with E-state index in [0.29, 0.717) is 30.5 Å². The lowest BCUT2D eigenvalue weighted by Crippen LogP contribution is -2.29. The first-order valence-corrected chi connectivity index (χ1v) is 12.0. The zero-order chi connectivity index (χ0) is 22.3. The number of nitrogen functional groups attached to an aromatic ring is 1. The molecule has 1 aliphatic heterocycles. The first-order chi connectivity index (χ1) is 15.4. The van der Waals surface area contributed by atoms with Gasteiger partial charge in [0.15, 0.2) is 33.6 Å². The Labute approximate surface area is 192 Å². The van der Waals surface area contributed by atoms with Crippen LogP contribution in [-0.4, -0.2) is 45.8 Å². The number of hydrogen-bond acceptors (Lipinski definition) is 8. The molecule has 1 aliphatic carbocycles. The summed E-state index contributed by atoms with van der Waals surface area (Å²) in [5.41, 5.74) is 9.09. The van der Waals surface area contributed by atoms with Crippen molar-refractivity contribution >= 4 is 28.7 Å². The van der Waals surface area contributed by atoms with Crippen LogP contribution in [0.25, 0.3) is 11.2 Å². The number of rotatable bonds is 7. The van der Waals surface area contributed by atoms with Crippen molar-refractivity contribution in [1.29, 1.82) is 0 Å². The molecule has 0 amide bonds. The topological polar surface area (TPSA) is 100 Å². The number of nitrogens with two attached hydrogens (primary N) is 1. The van der Waals surface area contributed by atoms with E-state index in [1.54, 1.807) is 11.8 Å². The third-order valence-corrected chi connectivity index (χ3v) is 6.65. The first kappa shape index (κ1) is 21.3. The van der Waals surface area contributed by atoms with Gasteiger partial charge in [0.25, 0.3) is 0 Å². The molecule has 3 N–H and O–H groups in total. The van der Waals surface area contributed by atoms with Crippen LogP contribution in [0.2, 0.25) is 0 Å². The van der Waals surface area contributed by atoms with Crippen molar-refractivity contribution in [2.45, 2.75) is 56.1 Å². The molecule has 32 heavy (non-hydrogen) atoms. The highest BCUT2D eigenvalue weighted by Crippen LogP contribution is 2.49. The number of ether oxygens (including phenoxy) is 2. The first-order valence-electron chi connectivity index (χ1n) is 11.2. The Kier molecular flexibility index (Phi) is 5.63. The molecule has 0 bridgehead atoms. The Balaban J connectivity index is 1.48. The third-order valence-electron chi connectivity index (χ3n) is 5.59. The van der Waals surface area contributed by atoms with Crippen LogP contribution in [0.4, 0.5) is 5.82 Å². The van der Waals surface area contributed by atoms with Gasteiger partial charge in [-0.2, -0.15) is 0 Å². The minimum Gasteiger partial charge on any atom is -0.486 e. The van der Waals surface area contributed by atoms with Gasteiger partial charge in [0, 0.05) is 24.5 Å². The molecule has 2 aromatic heterocycles. The van der Waals surface area contributed by atoms with Gasteiger partial charge in [0.1, 0.15) is 19.5 Å². The molecule has 3 aromatic rings. The highest BCUT2D eigenvalue weighted by molar-refractivity contribution is 7.99. The number of anilines is 1. The Bertz CT molecular complexity index is 1140. The van der Waals surface area contributed by atoms with Crippen LogP contribution in [0.15, 0.2) is 28.5 Å². The average Bonchev–Trinajstić information content (AvgIpc) is 3.53. The highest BCUT2D eigenvalue weighted by atomic mass is 32.2. The van der Waals surface area contributed by atoms with Crippen molar-refractivity contribution in [3.8, 4) is 11.5 Å². The Hall–Kier alpha value is -2.52. The van der Waals surface area contributed by atoms with Crippen LogP contribution >= 0.6 is 11.8 Å². The summed E-state index contributed by atoms with van der Waals surface area (Å²) in [5, 5.41) is 4.41. The van der Waals surface area contributed by atoms with E-state index in [9.17, 15) is 0 Å². The lowest BCUT2D eigenvalue weighted by molar-refractivity contribution is 0.171. The van der Waals surface area contributed by atoms with Crippen molar-refractivity contribution in [1.82, 2.24) is 24.8 Å². The highest BCUT2D eigenvalue weighted by Gasteiger charge is 2.30. The van der Waals surface area contributed by atoms with Crippen molar-refractivity contribution < 1.29 is 9.47 Å². The van der Waals surface area contributed by atoms with Crippen molar-refractivity contribution in [3.63, 3.8) is 0 Å². The summed E-state index contributed by atoms with van der Waals surface area (Å²) in [7, 11) is 0. The summed E-state index contributed by atoms with van der Waals surface area (Å²) in [6.07, 6.45) is 3.92. The molecule has 8 nitrogen and oxygen atoms in total. The molecular weight excluding hydrogens is 424 g/mol. The quantitative estimate of drug-likeness (QED) is 0.520. The summed E-state index contributed by atoms with van der Waals surface area (Å²) in [4.78, 5) is 14.6. The Morgan fingerprint density at radius 2 is 1.91 bits per heavy atom. The zero-order valence-electron chi connectivity index (χ0n) is 18.9. The monoisotopic (exact) mass is 454 g/mol. The van der Waals surface area contributed by atoms with Crippen LogP contribution in [0.5, 0.6) is 11.5 Å². The molecular formula is C23H30N6O2S. The predicted octanol–water partition coefficient (Wildman–Crippen LogP) is 3.84. The number of nitrogens with one attached hydrogen (secondary N) is 1. The number of hydrogen-bond donors (Lipinski definition) is 2. The maximum Gasteiger partial charge on any atom is 0.175 e. The minimum absolute atomic E-state index is 0.228. The van der Waals surface area contributed by atoms with Crippen LogP contribution < -0.4 is 20.5 Å². The molecule has 3 heterocycles. The lowest BCUT2D eigenvalue weighted by atomic mass is 9.97. The third kappa shape index (κ3) is 4.49. The Morgan fingerprint density at radius 3 is 2.62 bits per heavy atom. The molecule has 5 rings (SSSR count). The second kappa shape index (κ2) is 8.44. The van der Waals surface area contributed by atoms with E-state index in [4.69, 9.17) is 20.2 Å². The van der Waals surface area contributed by atoms with Gasteiger partial charge >= 0.3 is 0 Å². The van der Waals surface area contributed by atoms with Crippen LogP contribution in [-0.2, 0) is 6.54 Å². The van der Waals surface area contributed by atoms with Crippen molar-refractivity contribution in [2.75, 3.05) is 32.0 Å². The van der Waals surface area contributed by atoms with Gasteiger partial charge in [-0.15, -0.1) is 0 Å². The van der Waals surface area contributed by atoms with E-state index in [2.05, 4.69) is 52.8 Å². The van der Waals surface area contributed by atoms with Gasteiger partial charge in [0.05, 0.1) is 0 Å². The predicted molar refractivity (Wildman–Crippen MR) is 126 cm³/mol. The Morgan fingerprint density at radius 1 is 1.16 bits per heavy atom. The van der Waals surface area contributed by atoms with Gasteiger partial charge in [-0.3, -0.25) is 0 Å². The molecule has 1 aromatic carbocycles. The zero-order valence-corrected chi connectivity index (χ0v) is 19.7. The molecule has 170 valence electrons. The molecule has 1 saturated carbocycles. The molecule has 0 saturated heterocycles. The maximum atomic E-state index is 6.13. The van der Waals surface area contributed by atoms with Gasteiger partial charge in [-0.1, -0.05) is 32.5 Å². The van der Waals surface area contributed by atoms with Crippen molar-refractivity contribution in [2.24, 2.45) is 5.41 Å². The second-order valence-electron chi connectivity index (χ2n) is 9.62. The smallest absolute Gasteiger partial charge is 0.175 e. The fourth-order valence-corrected chi connectivity index (χ4v) is 4.98. The number of fused-ring (bicyclic) bond motifs is 2. The molecule has 0 spiro atoms. The number of imidazole rings is 1. The van der Waals surface area contributed by atoms with E-state index < -0.39 is 0 Å². The van der Waals surface area contributed by atoms with E-state index >= 15 is 0 Å². The largest absolute Gasteiger partial charge is 0.486 e. The number of benzene rings is 1. The molecule has 0 atom stereocenters. The minimum atomic E-state index is 0.228. The summed E-state index contributed by atoms with van der Waals surface area (Å²) >= 11 is 1.65. The number of nitrogens with zero attached hydrogens (tertiary/aromatic N) is 4. The summed E-state index contributed by atoms with van der Waals surface area (Å²) in [5.74, 6) is 2.63. The van der Waals surface area contributed by atoms with E-state index in [1.807, 2.05) is 0 Å². The molecule has 2 aliphatic rings. The number of aromatic nitrogens is 4. The van der Waals surface area contributed by atoms with E-state index in [0.717, 1.165) is 46.8 Å². The summed E-state index contributed by atoms with van der Waals surface area (Å²) < 4.78 is 13.8. The van der Waals surface area contributed by atoms with E-state index in [-0.39, 0.29) is 5.41 Å². The van der Waals surface area contributed by atoms with Crippen molar-refractivity contribution in [3.05, 3.63) is 24.0 Å².